The lowest BCUT2D eigenvalue weighted by molar-refractivity contribution is -0.137. The summed E-state index contributed by atoms with van der Waals surface area (Å²) in [4.78, 5) is 31.4. The van der Waals surface area contributed by atoms with E-state index < -0.39 is 17.8 Å². The summed E-state index contributed by atoms with van der Waals surface area (Å²) in [6.07, 6.45) is 1.78. The van der Waals surface area contributed by atoms with Crippen molar-refractivity contribution >= 4 is 17.8 Å². The van der Waals surface area contributed by atoms with Crippen LogP contribution in [0.15, 0.2) is 12.2 Å². The summed E-state index contributed by atoms with van der Waals surface area (Å²) in [5.74, 6) is -2.17. The van der Waals surface area contributed by atoms with Crippen molar-refractivity contribution in [2.75, 3.05) is 13.7 Å². The van der Waals surface area contributed by atoms with Gasteiger partial charge in [0.1, 0.15) is 0 Å². The van der Waals surface area contributed by atoms with Crippen LogP contribution in [0.1, 0.15) is 6.42 Å². The molecule has 0 aromatic heterocycles. The molecule has 0 saturated carbocycles. The van der Waals surface area contributed by atoms with Gasteiger partial charge in [-0.2, -0.15) is 0 Å². The van der Waals surface area contributed by atoms with E-state index in [2.05, 4.69) is 10.1 Å². The Morgan fingerprint density at radius 3 is 2.50 bits per heavy atom. The average Bonchev–Trinajstić information content (AvgIpc) is 2.13. The zero-order valence-electron chi connectivity index (χ0n) is 7.65. The number of hydrogen-bond donors (Lipinski definition) is 2. The lowest BCUT2D eigenvalue weighted by atomic mass is 10.4. The van der Waals surface area contributed by atoms with Gasteiger partial charge in [-0.1, -0.05) is 0 Å². The number of amides is 1. The zero-order valence-corrected chi connectivity index (χ0v) is 7.65. The largest absolute Gasteiger partial charge is 0.481 e. The Bertz CT molecular complexity index is 258. The molecule has 0 radical (unpaired) electrons. The molecule has 0 unspecified atom stereocenters. The maximum atomic E-state index is 10.8. The Balaban J connectivity index is 3.70. The van der Waals surface area contributed by atoms with E-state index in [0.717, 1.165) is 12.2 Å². The second-order valence-corrected chi connectivity index (χ2v) is 2.29. The minimum Gasteiger partial charge on any atom is -0.481 e. The van der Waals surface area contributed by atoms with Gasteiger partial charge in [-0.25, -0.2) is 4.79 Å². The minimum atomic E-state index is -0.998. The van der Waals surface area contributed by atoms with Crippen LogP contribution in [0, 0.1) is 0 Å². The van der Waals surface area contributed by atoms with E-state index in [1.54, 1.807) is 0 Å². The summed E-state index contributed by atoms with van der Waals surface area (Å²) in [6.45, 7) is 0.0275. The fourth-order valence-corrected chi connectivity index (χ4v) is 0.563. The Morgan fingerprint density at radius 1 is 1.36 bits per heavy atom. The number of carbonyl (C=O) groups is 3. The van der Waals surface area contributed by atoms with Crippen LogP contribution < -0.4 is 5.32 Å². The van der Waals surface area contributed by atoms with Gasteiger partial charge in [0.2, 0.25) is 5.91 Å². The van der Waals surface area contributed by atoms with E-state index in [4.69, 9.17) is 5.11 Å². The van der Waals surface area contributed by atoms with Crippen molar-refractivity contribution in [3.05, 3.63) is 12.2 Å². The van der Waals surface area contributed by atoms with E-state index >= 15 is 0 Å². The Hall–Kier alpha value is -1.85. The quantitative estimate of drug-likeness (QED) is 0.453. The van der Waals surface area contributed by atoms with Crippen molar-refractivity contribution < 1.29 is 24.2 Å². The van der Waals surface area contributed by atoms with Crippen LogP contribution in [-0.2, 0) is 19.1 Å². The second kappa shape index (κ2) is 6.64. The zero-order chi connectivity index (χ0) is 11.0. The monoisotopic (exact) mass is 201 g/mol. The first-order valence-corrected chi connectivity index (χ1v) is 3.82. The van der Waals surface area contributed by atoms with Crippen molar-refractivity contribution in [1.29, 1.82) is 0 Å². The standard InChI is InChI=1S/C8H11NO5/c1-14-8(13)3-2-6(10)9-5-4-7(11)12/h2-3H,4-5H2,1H3,(H,9,10)(H,11,12)/b3-2+. The lowest BCUT2D eigenvalue weighted by Gasteiger charge is -1.97. The maximum absolute atomic E-state index is 10.8. The molecular formula is C8H11NO5. The van der Waals surface area contributed by atoms with Gasteiger partial charge in [0, 0.05) is 18.7 Å². The number of nitrogens with one attached hydrogen (secondary N) is 1. The molecule has 0 aromatic carbocycles. The maximum Gasteiger partial charge on any atom is 0.330 e. The highest BCUT2D eigenvalue weighted by Gasteiger charge is 1.99. The number of aliphatic carboxylic acids is 1. The third-order valence-corrected chi connectivity index (χ3v) is 1.21. The van der Waals surface area contributed by atoms with Crippen LogP contribution in [-0.4, -0.2) is 36.6 Å². The molecule has 1 amide bonds. The number of rotatable bonds is 5. The summed E-state index contributed by atoms with van der Waals surface area (Å²) in [5.41, 5.74) is 0. The molecule has 0 aliphatic carbocycles. The number of esters is 1. The molecule has 6 nitrogen and oxygen atoms in total. The SMILES string of the molecule is COC(=O)/C=C/C(=O)NCCC(=O)O. The number of methoxy groups -OCH3 is 1. The second-order valence-electron chi connectivity index (χ2n) is 2.29. The molecule has 78 valence electrons. The number of carbonyl (C=O) groups excluding carboxylic acids is 2. The van der Waals surface area contributed by atoms with Crippen LogP contribution in [0.4, 0.5) is 0 Å². The fraction of sp³-hybridized carbons (Fsp3) is 0.375. The van der Waals surface area contributed by atoms with Crippen LogP contribution in [0.2, 0.25) is 0 Å². The molecule has 0 spiro atoms. The highest BCUT2D eigenvalue weighted by molar-refractivity contribution is 5.94. The van der Waals surface area contributed by atoms with Crippen LogP contribution >= 0.6 is 0 Å². The van der Waals surface area contributed by atoms with Crippen LogP contribution in [0.25, 0.3) is 0 Å². The van der Waals surface area contributed by atoms with Gasteiger partial charge in [0.05, 0.1) is 13.5 Å². The van der Waals surface area contributed by atoms with Crippen molar-refractivity contribution in [3.63, 3.8) is 0 Å². The molecule has 0 bridgehead atoms. The van der Waals surface area contributed by atoms with E-state index in [1.165, 1.54) is 7.11 Å². The normalized spacial score (nSPS) is 9.79. The Labute approximate surface area is 80.5 Å². The van der Waals surface area contributed by atoms with Crippen molar-refractivity contribution in [1.82, 2.24) is 5.32 Å². The van der Waals surface area contributed by atoms with E-state index in [0.29, 0.717) is 0 Å². The van der Waals surface area contributed by atoms with Gasteiger partial charge >= 0.3 is 11.9 Å². The molecular weight excluding hydrogens is 190 g/mol. The van der Waals surface area contributed by atoms with E-state index in [-0.39, 0.29) is 13.0 Å². The first kappa shape index (κ1) is 12.2. The smallest absolute Gasteiger partial charge is 0.330 e. The third kappa shape index (κ3) is 6.84. The highest BCUT2D eigenvalue weighted by Crippen LogP contribution is 1.80. The molecule has 2 N–H and O–H groups in total. The summed E-state index contributed by atoms with van der Waals surface area (Å²) in [5, 5.41) is 10.5. The molecule has 0 aliphatic heterocycles. The molecule has 0 fully saturated rings. The molecule has 0 rings (SSSR count). The average molecular weight is 201 g/mol. The first-order valence-electron chi connectivity index (χ1n) is 3.82. The summed E-state index contributed by atoms with van der Waals surface area (Å²) >= 11 is 0. The molecule has 0 aliphatic rings. The molecule has 0 atom stereocenters. The molecule has 0 heterocycles. The van der Waals surface area contributed by atoms with Crippen LogP contribution in [0.5, 0.6) is 0 Å². The summed E-state index contributed by atoms with van der Waals surface area (Å²) in [7, 11) is 1.19. The fourth-order valence-electron chi connectivity index (χ4n) is 0.563. The van der Waals surface area contributed by atoms with Gasteiger partial charge in [-0.15, -0.1) is 0 Å². The predicted octanol–water partition coefficient (Wildman–Crippen LogP) is -0.694. The lowest BCUT2D eigenvalue weighted by Crippen LogP contribution is -2.24. The number of ether oxygens (including phenoxy) is 1. The van der Waals surface area contributed by atoms with Gasteiger partial charge in [-0.05, 0) is 0 Å². The predicted molar refractivity (Wildman–Crippen MR) is 46.4 cm³/mol. The van der Waals surface area contributed by atoms with Crippen LogP contribution in [0.3, 0.4) is 0 Å². The Kier molecular flexibility index (Phi) is 5.77. The van der Waals surface area contributed by atoms with Crippen molar-refractivity contribution in [2.45, 2.75) is 6.42 Å². The molecule has 14 heavy (non-hydrogen) atoms. The summed E-state index contributed by atoms with van der Waals surface area (Å²) in [6, 6.07) is 0. The molecule has 6 heteroatoms. The van der Waals surface area contributed by atoms with Gasteiger partial charge in [0.15, 0.2) is 0 Å². The highest BCUT2D eigenvalue weighted by atomic mass is 16.5. The van der Waals surface area contributed by atoms with Gasteiger partial charge in [0.25, 0.3) is 0 Å². The number of carboxylic acid groups (broad SMARTS) is 1. The first-order chi connectivity index (χ1) is 6.56. The van der Waals surface area contributed by atoms with Crippen molar-refractivity contribution in [2.24, 2.45) is 0 Å². The van der Waals surface area contributed by atoms with E-state index in [1.807, 2.05) is 0 Å². The number of carboxylic acids is 1. The number of hydrogen-bond acceptors (Lipinski definition) is 4. The van der Waals surface area contributed by atoms with Crippen molar-refractivity contribution in [3.8, 4) is 0 Å². The topological polar surface area (TPSA) is 92.7 Å². The summed E-state index contributed by atoms with van der Waals surface area (Å²) < 4.78 is 4.24. The third-order valence-electron chi connectivity index (χ3n) is 1.21. The van der Waals surface area contributed by atoms with E-state index in [9.17, 15) is 14.4 Å². The van der Waals surface area contributed by atoms with Gasteiger partial charge < -0.3 is 15.2 Å². The van der Waals surface area contributed by atoms with Gasteiger partial charge in [-0.3, -0.25) is 9.59 Å². The molecule has 0 aromatic rings. The minimum absolute atomic E-state index is 0.0275. The molecule has 0 saturated heterocycles. The Morgan fingerprint density at radius 2 is 2.00 bits per heavy atom.